The van der Waals surface area contributed by atoms with Gasteiger partial charge in [0.15, 0.2) is 5.69 Å². The van der Waals surface area contributed by atoms with Gasteiger partial charge in [0.05, 0.1) is 6.54 Å². The van der Waals surface area contributed by atoms with Gasteiger partial charge in [-0.1, -0.05) is 6.07 Å². The maximum Gasteiger partial charge on any atom is 0.355 e. The highest BCUT2D eigenvalue weighted by molar-refractivity contribution is 7.09. The lowest BCUT2D eigenvalue weighted by molar-refractivity contribution is 0.0691. The van der Waals surface area contributed by atoms with E-state index in [0.717, 1.165) is 0 Å². The van der Waals surface area contributed by atoms with E-state index in [0.29, 0.717) is 17.1 Å². The molecule has 0 aliphatic rings. The minimum atomic E-state index is -1.05. The summed E-state index contributed by atoms with van der Waals surface area (Å²) in [6.07, 6.45) is 1.66. The molecule has 2 heterocycles. The quantitative estimate of drug-likeness (QED) is 0.892. The average molecular weight is 250 g/mol. The molecule has 0 fully saturated rings. The molecule has 0 amide bonds. The lowest BCUT2D eigenvalue weighted by Gasteiger charge is -2.03. The van der Waals surface area contributed by atoms with Crippen molar-refractivity contribution in [1.29, 1.82) is 0 Å². The van der Waals surface area contributed by atoms with Crippen molar-refractivity contribution in [3.8, 4) is 0 Å². The van der Waals surface area contributed by atoms with Gasteiger partial charge in [0.25, 0.3) is 5.56 Å². The lowest BCUT2D eigenvalue weighted by Crippen LogP contribution is -2.21. The fourth-order valence-corrected chi connectivity index (χ4v) is 2.17. The summed E-state index contributed by atoms with van der Waals surface area (Å²) in [6.45, 7) is 2.04. The third-order valence-electron chi connectivity index (χ3n) is 2.29. The van der Waals surface area contributed by atoms with Gasteiger partial charge < -0.3 is 9.67 Å². The summed E-state index contributed by atoms with van der Waals surface area (Å²) in [5.41, 5.74) is 0.591. The standard InChI is InChI=1S/C11H10N2O3S/c1-7-3-2-4-13(10(7)14)5-9-12-8(6-17-9)11(15)16/h2-4,6H,5H2,1H3,(H,15,16). The van der Waals surface area contributed by atoms with Gasteiger partial charge in [-0.15, -0.1) is 11.3 Å². The van der Waals surface area contributed by atoms with Crippen LogP contribution in [0.25, 0.3) is 0 Å². The van der Waals surface area contributed by atoms with Crippen molar-refractivity contribution in [3.63, 3.8) is 0 Å². The minimum Gasteiger partial charge on any atom is -0.476 e. The first-order valence-corrected chi connectivity index (χ1v) is 5.79. The molecule has 17 heavy (non-hydrogen) atoms. The van der Waals surface area contributed by atoms with Crippen LogP contribution < -0.4 is 5.56 Å². The molecule has 0 saturated carbocycles. The topological polar surface area (TPSA) is 72.2 Å². The molecule has 2 aromatic heterocycles. The molecule has 0 atom stereocenters. The van der Waals surface area contributed by atoms with Gasteiger partial charge in [0.1, 0.15) is 5.01 Å². The molecular formula is C11H10N2O3S. The van der Waals surface area contributed by atoms with Gasteiger partial charge in [-0.05, 0) is 13.0 Å². The molecule has 0 saturated heterocycles. The second-order valence-corrected chi connectivity index (χ2v) is 4.50. The van der Waals surface area contributed by atoms with Crippen LogP contribution in [0.4, 0.5) is 0 Å². The van der Waals surface area contributed by atoms with Crippen LogP contribution in [0.1, 0.15) is 21.1 Å². The third kappa shape index (κ3) is 2.42. The maximum absolute atomic E-state index is 11.7. The molecule has 0 unspecified atom stereocenters. The second kappa shape index (κ2) is 4.50. The summed E-state index contributed by atoms with van der Waals surface area (Å²) < 4.78 is 1.51. The number of carboxylic acid groups (broad SMARTS) is 1. The van der Waals surface area contributed by atoms with E-state index < -0.39 is 5.97 Å². The largest absolute Gasteiger partial charge is 0.476 e. The number of carboxylic acids is 1. The first kappa shape index (κ1) is 11.5. The number of pyridine rings is 1. The smallest absolute Gasteiger partial charge is 0.355 e. The molecular weight excluding hydrogens is 240 g/mol. The van der Waals surface area contributed by atoms with Crippen molar-refractivity contribution in [3.05, 3.63) is 50.3 Å². The Hall–Kier alpha value is -1.95. The maximum atomic E-state index is 11.7. The van der Waals surface area contributed by atoms with Gasteiger partial charge >= 0.3 is 5.97 Å². The van der Waals surface area contributed by atoms with Crippen molar-refractivity contribution in [2.45, 2.75) is 13.5 Å². The minimum absolute atomic E-state index is 0.0192. The second-order valence-electron chi connectivity index (χ2n) is 3.56. The van der Waals surface area contributed by atoms with E-state index in [4.69, 9.17) is 5.11 Å². The zero-order chi connectivity index (χ0) is 12.4. The van der Waals surface area contributed by atoms with Gasteiger partial charge in [-0.3, -0.25) is 4.79 Å². The molecule has 0 aliphatic heterocycles. The Morgan fingerprint density at radius 1 is 1.59 bits per heavy atom. The summed E-state index contributed by atoms with van der Waals surface area (Å²) in [6, 6.07) is 3.52. The molecule has 0 radical (unpaired) electrons. The van der Waals surface area contributed by atoms with Crippen LogP contribution in [0, 0.1) is 6.92 Å². The van der Waals surface area contributed by atoms with Crippen LogP contribution >= 0.6 is 11.3 Å². The van der Waals surface area contributed by atoms with Crippen LogP contribution in [0.5, 0.6) is 0 Å². The average Bonchev–Trinajstić information content (AvgIpc) is 2.73. The molecule has 6 heteroatoms. The van der Waals surface area contributed by atoms with E-state index >= 15 is 0 Å². The van der Waals surface area contributed by atoms with E-state index in [1.807, 2.05) is 0 Å². The predicted molar refractivity (Wildman–Crippen MR) is 63.6 cm³/mol. The van der Waals surface area contributed by atoms with E-state index in [1.165, 1.54) is 21.3 Å². The number of hydrogen-bond donors (Lipinski definition) is 1. The number of aromatic nitrogens is 2. The molecule has 0 aromatic carbocycles. The zero-order valence-corrected chi connectivity index (χ0v) is 9.90. The molecule has 0 bridgehead atoms. The molecule has 2 aromatic rings. The third-order valence-corrected chi connectivity index (χ3v) is 3.12. The van der Waals surface area contributed by atoms with Crippen molar-refractivity contribution in [2.75, 3.05) is 0 Å². The molecule has 0 spiro atoms. The van der Waals surface area contributed by atoms with Gasteiger partial charge in [-0.2, -0.15) is 0 Å². The van der Waals surface area contributed by atoms with Crippen LogP contribution in [-0.2, 0) is 6.54 Å². The van der Waals surface area contributed by atoms with E-state index in [9.17, 15) is 9.59 Å². The Morgan fingerprint density at radius 3 is 3.00 bits per heavy atom. The van der Waals surface area contributed by atoms with Crippen molar-refractivity contribution < 1.29 is 9.90 Å². The lowest BCUT2D eigenvalue weighted by atomic mass is 10.3. The molecule has 5 nitrogen and oxygen atoms in total. The van der Waals surface area contributed by atoms with Gasteiger partial charge in [0.2, 0.25) is 0 Å². The number of hydrogen-bond acceptors (Lipinski definition) is 4. The fourth-order valence-electron chi connectivity index (χ4n) is 1.41. The predicted octanol–water partition coefficient (Wildman–Crippen LogP) is 1.36. The highest BCUT2D eigenvalue weighted by Crippen LogP contribution is 2.10. The number of aryl methyl sites for hydroxylation is 1. The Kier molecular flexibility index (Phi) is 3.06. The summed E-state index contributed by atoms with van der Waals surface area (Å²) in [7, 11) is 0. The molecule has 2 rings (SSSR count). The highest BCUT2D eigenvalue weighted by atomic mass is 32.1. The Labute approximate surface area is 101 Å². The van der Waals surface area contributed by atoms with Crippen molar-refractivity contribution in [1.82, 2.24) is 9.55 Å². The monoisotopic (exact) mass is 250 g/mol. The summed E-state index contributed by atoms with van der Waals surface area (Å²) in [5, 5.41) is 10.8. The Balaban J connectivity index is 2.28. The fraction of sp³-hybridized carbons (Fsp3) is 0.182. The van der Waals surface area contributed by atoms with Crippen LogP contribution in [-0.4, -0.2) is 20.6 Å². The van der Waals surface area contributed by atoms with Gasteiger partial charge in [0, 0.05) is 17.1 Å². The number of rotatable bonds is 3. The number of aromatic carboxylic acids is 1. The first-order chi connectivity index (χ1) is 8.08. The van der Waals surface area contributed by atoms with Crippen molar-refractivity contribution in [2.24, 2.45) is 0 Å². The summed E-state index contributed by atoms with van der Waals surface area (Å²) in [5.74, 6) is -1.05. The van der Waals surface area contributed by atoms with Crippen LogP contribution in [0.3, 0.4) is 0 Å². The van der Waals surface area contributed by atoms with E-state index in [1.54, 1.807) is 25.3 Å². The van der Waals surface area contributed by atoms with E-state index in [2.05, 4.69) is 4.98 Å². The molecule has 88 valence electrons. The van der Waals surface area contributed by atoms with Crippen LogP contribution in [0.2, 0.25) is 0 Å². The molecule has 1 N–H and O–H groups in total. The SMILES string of the molecule is Cc1cccn(Cc2nc(C(=O)O)cs2)c1=O. The van der Waals surface area contributed by atoms with E-state index in [-0.39, 0.29) is 11.3 Å². The summed E-state index contributed by atoms with van der Waals surface area (Å²) >= 11 is 1.24. The van der Waals surface area contributed by atoms with Gasteiger partial charge in [-0.25, -0.2) is 9.78 Å². The number of nitrogens with zero attached hydrogens (tertiary/aromatic N) is 2. The molecule has 0 aliphatic carbocycles. The Morgan fingerprint density at radius 2 is 2.35 bits per heavy atom. The van der Waals surface area contributed by atoms with Crippen molar-refractivity contribution >= 4 is 17.3 Å². The number of carbonyl (C=O) groups is 1. The highest BCUT2D eigenvalue weighted by Gasteiger charge is 2.09. The summed E-state index contributed by atoms with van der Waals surface area (Å²) in [4.78, 5) is 26.3. The number of thiazole rings is 1. The normalized spacial score (nSPS) is 10.4. The zero-order valence-electron chi connectivity index (χ0n) is 9.08. The first-order valence-electron chi connectivity index (χ1n) is 4.91. The Bertz CT molecular complexity index is 615. The van der Waals surface area contributed by atoms with Crippen LogP contribution in [0.15, 0.2) is 28.5 Å².